The molecule has 4 heteroatoms. The Kier molecular flexibility index (Phi) is 2.09. The maximum atomic E-state index is 9.82. The third-order valence-electron chi connectivity index (χ3n) is 0.699. The molecule has 0 saturated carbocycles. The minimum absolute atomic E-state index is 0.230. The van der Waals surface area contributed by atoms with Gasteiger partial charge in [0.15, 0.2) is 5.82 Å². The second-order valence-electron chi connectivity index (χ2n) is 1.26. The van der Waals surface area contributed by atoms with Crippen molar-refractivity contribution < 1.29 is 4.21 Å². The van der Waals surface area contributed by atoms with Gasteiger partial charge in [0.25, 0.3) is 0 Å². The molecule has 0 aliphatic rings. The lowest BCUT2D eigenvalue weighted by Crippen LogP contribution is -1.88. The Morgan fingerprint density at radius 3 is 2.67 bits per heavy atom. The molecule has 0 unspecified atom stereocenters. The van der Waals surface area contributed by atoms with Gasteiger partial charge in [-0.2, -0.15) is 0 Å². The van der Waals surface area contributed by atoms with Crippen molar-refractivity contribution >= 4 is 16.6 Å². The van der Waals surface area contributed by atoms with Gasteiger partial charge < -0.3 is 0 Å². The fourth-order valence-corrected chi connectivity index (χ4v) is 0.569. The molecule has 0 atom stereocenters. The molecule has 0 aromatic carbocycles. The molecule has 0 spiro atoms. The molecule has 0 bridgehead atoms. The average Bonchev–Trinajstić information content (AvgIpc) is 1.91. The normalized spacial score (nSPS) is 8.44. The van der Waals surface area contributed by atoms with E-state index in [4.69, 9.17) is 0 Å². The van der Waals surface area contributed by atoms with Crippen molar-refractivity contribution in [1.29, 1.82) is 0 Å². The van der Waals surface area contributed by atoms with Crippen LogP contribution >= 0.6 is 0 Å². The first-order valence-electron chi connectivity index (χ1n) is 2.25. The van der Waals surface area contributed by atoms with E-state index in [2.05, 4.69) is 15.3 Å². The molecule has 3 nitrogen and oxygen atoms in total. The highest BCUT2D eigenvalue weighted by Crippen LogP contribution is 1.78. The minimum atomic E-state index is 0.230. The van der Waals surface area contributed by atoms with Crippen LogP contribution in [0.5, 0.6) is 0 Å². The van der Waals surface area contributed by atoms with Crippen molar-refractivity contribution in [3.63, 3.8) is 0 Å². The molecule has 0 aliphatic carbocycles. The lowest BCUT2D eigenvalue weighted by atomic mass is 10.6. The maximum absolute atomic E-state index is 9.82. The smallest absolute Gasteiger partial charge is 0.174 e. The zero-order valence-corrected chi connectivity index (χ0v) is 5.26. The molecule has 1 rings (SSSR count). The first-order chi connectivity index (χ1) is 4.43. The first-order valence-corrected chi connectivity index (χ1v) is 2.99. The Morgan fingerprint density at radius 2 is 2.11 bits per heavy atom. The molecule has 0 amide bonds. The predicted octanol–water partition coefficient (Wildman–Crippen LogP) is -0.283. The molecule has 1 radical (unpaired) electrons. The lowest BCUT2D eigenvalue weighted by molar-refractivity contribution is 0.701. The van der Waals surface area contributed by atoms with E-state index in [1.165, 1.54) is 0 Å². The molecular weight excluding hydrogens is 136 g/mol. The van der Waals surface area contributed by atoms with Crippen LogP contribution in [0.2, 0.25) is 0 Å². The summed E-state index contributed by atoms with van der Waals surface area (Å²) in [6, 6.07) is 1.68. The first kappa shape index (κ1) is 6.10. The highest BCUT2D eigenvalue weighted by molar-refractivity contribution is 7.65. The number of rotatable bonds is 1. The van der Waals surface area contributed by atoms with E-state index in [1.54, 1.807) is 18.5 Å². The summed E-state index contributed by atoms with van der Waals surface area (Å²) in [5.41, 5.74) is 0. The largest absolute Gasteiger partial charge is 0.236 e. The summed E-state index contributed by atoms with van der Waals surface area (Å²) in [5, 5.41) is 2.35. The molecule has 1 aromatic heterocycles. The second-order valence-corrected chi connectivity index (χ2v) is 1.63. The van der Waals surface area contributed by atoms with E-state index < -0.39 is 0 Å². The minimum Gasteiger partial charge on any atom is -0.236 e. The average molecular weight is 139 g/mol. The van der Waals surface area contributed by atoms with E-state index >= 15 is 0 Å². The molecule has 0 saturated heterocycles. The maximum Gasteiger partial charge on any atom is 0.174 e. The quantitative estimate of drug-likeness (QED) is 0.502. The third-order valence-corrected chi connectivity index (χ3v) is 0.965. The lowest BCUT2D eigenvalue weighted by Gasteiger charge is -1.81. The highest BCUT2D eigenvalue weighted by Gasteiger charge is 1.83. The van der Waals surface area contributed by atoms with Gasteiger partial charge >= 0.3 is 0 Å². The fourth-order valence-electron chi connectivity index (χ4n) is 0.389. The van der Waals surface area contributed by atoms with Gasteiger partial charge in [-0.1, -0.05) is 0 Å². The van der Waals surface area contributed by atoms with Gasteiger partial charge in [-0.05, 0) is 6.07 Å². The SMILES string of the molecule is O=S=[C]c1ncccn1. The molecule has 45 valence electrons. The van der Waals surface area contributed by atoms with Crippen molar-refractivity contribution in [2.75, 3.05) is 0 Å². The topological polar surface area (TPSA) is 42.9 Å². The summed E-state index contributed by atoms with van der Waals surface area (Å²) in [6.45, 7) is 0. The van der Waals surface area contributed by atoms with Gasteiger partial charge in [-0.25, -0.2) is 14.2 Å². The van der Waals surface area contributed by atoms with Gasteiger partial charge in [0.1, 0.15) is 16.6 Å². The van der Waals surface area contributed by atoms with Gasteiger partial charge in [0, 0.05) is 12.4 Å². The van der Waals surface area contributed by atoms with E-state index in [9.17, 15) is 4.21 Å². The van der Waals surface area contributed by atoms with Crippen LogP contribution in [0.4, 0.5) is 0 Å². The fraction of sp³-hybridized carbons (Fsp3) is 0. The van der Waals surface area contributed by atoms with Crippen molar-refractivity contribution in [3.05, 3.63) is 24.3 Å². The van der Waals surface area contributed by atoms with Crippen LogP contribution in [-0.4, -0.2) is 19.5 Å². The van der Waals surface area contributed by atoms with E-state index in [1.807, 2.05) is 0 Å². The Balaban J connectivity index is 2.97. The zero-order chi connectivity index (χ0) is 6.53. The predicted molar refractivity (Wildman–Crippen MR) is 34.3 cm³/mol. The van der Waals surface area contributed by atoms with Crippen molar-refractivity contribution in [2.24, 2.45) is 0 Å². The van der Waals surface area contributed by atoms with Crippen LogP contribution in [0.1, 0.15) is 5.82 Å². The van der Waals surface area contributed by atoms with Crippen molar-refractivity contribution in [2.45, 2.75) is 0 Å². The monoisotopic (exact) mass is 139 g/mol. The third kappa shape index (κ3) is 1.73. The summed E-state index contributed by atoms with van der Waals surface area (Å²) >= 11 is 0.230. The van der Waals surface area contributed by atoms with Gasteiger partial charge in [0.2, 0.25) is 0 Å². The summed E-state index contributed by atoms with van der Waals surface area (Å²) in [6.07, 6.45) is 3.12. The zero-order valence-electron chi connectivity index (χ0n) is 4.44. The van der Waals surface area contributed by atoms with E-state index in [0.29, 0.717) is 5.82 Å². The van der Waals surface area contributed by atoms with Crippen molar-refractivity contribution in [1.82, 2.24) is 9.97 Å². The Hall–Kier alpha value is -1.03. The number of hydrogen-bond acceptors (Lipinski definition) is 3. The molecule has 1 heterocycles. The Bertz CT molecular complexity index is 230. The van der Waals surface area contributed by atoms with E-state index in [0.717, 1.165) is 0 Å². The van der Waals surface area contributed by atoms with Crippen LogP contribution in [0.15, 0.2) is 18.5 Å². The molecule has 9 heavy (non-hydrogen) atoms. The van der Waals surface area contributed by atoms with Gasteiger partial charge in [-0.3, -0.25) is 0 Å². The molecule has 0 N–H and O–H groups in total. The van der Waals surface area contributed by atoms with Gasteiger partial charge in [0.05, 0.1) is 0 Å². The molecule has 0 fully saturated rings. The van der Waals surface area contributed by atoms with Crippen LogP contribution in [0, 0.1) is 0 Å². The molecule has 1 aromatic rings. The Labute approximate surface area is 55.8 Å². The number of hydrogen-bond donors (Lipinski definition) is 0. The van der Waals surface area contributed by atoms with Crippen LogP contribution < -0.4 is 0 Å². The molecular formula is C5H3N2OS. The van der Waals surface area contributed by atoms with Crippen LogP contribution in [0.3, 0.4) is 0 Å². The molecule has 0 aliphatic heterocycles. The summed E-state index contributed by atoms with van der Waals surface area (Å²) in [4.78, 5) is 7.45. The summed E-state index contributed by atoms with van der Waals surface area (Å²) < 4.78 is 9.82. The standard InChI is InChI=1S/C5H3N2OS/c8-9-4-5-6-2-1-3-7-5/h1-3H. The van der Waals surface area contributed by atoms with Crippen LogP contribution in [0.25, 0.3) is 0 Å². The summed E-state index contributed by atoms with van der Waals surface area (Å²) in [7, 11) is 0. The highest BCUT2D eigenvalue weighted by atomic mass is 32.1. The van der Waals surface area contributed by atoms with Crippen molar-refractivity contribution in [3.8, 4) is 0 Å². The van der Waals surface area contributed by atoms with Crippen LogP contribution in [-0.2, 0) is 11.3 Å². The van der Waals surface area contributed by atoms with E-state index in [-0.39, 0.29) is 11.3 Å². The second kappa shape index (κ2) is 3.09. The Morgan fingerprint density at radius 1 is 1.44 bits per heavy atom. The summed E-state index contributed by atoms with van der Waals surface area (Å²) in [5.74, 6) is 0.345. The number of nitrogens with zero attached hydrogens (tertiary/aromatic N) is 2. The number of aromatic nitrogens is 2. The van der Waals surface area contributed by atoms with Gasteiger partial charge in [-0.15, -0.1) is 0 Å².